The zero-order valence-corrected chi connectivity index (χ0v) is 24.7. The van der Waals surface area contributed by atoms with E-state index < -0.39 is 5.41 Å². The van der Waals surface area contributed by atoms with Crippen LogP contribution in [0.25, 0.3) is 0 Å². The molecule has 0 bridgehead atoms. The van der Waals surface area contributed by atoms with E-state index in [0.29, 0.717) is 39.0 Å². The van der Waals surface area contributed by atoms with Gasteiger partial charge in [-0.25, -0.2) is 4.98 Å². The third kappa shape index (κ3) is 5.70. The van der Waals surface area contributed by atoms with E-state index in [4.69, 9.17) is 4.74 Å². The van der Waals surface area contributed by atoms with E-state index in [1.807, 2.05) is 52.3 Å². The van der Waals surface area contributed by atoms with Crippen LogP contribution >= 0.6 is 0 Å². The third-order valence-corrected chi connectivity index (χ3v) is 9.87. The first-order valence-electron chi connectivity index (χ1n) is 15.7. The van der Waals surface area contributed by atoms with Crippen LogP contribution in [-0.4, -0.2) is 84.9 Å². The zero-order chi connectivity index (χ0) is 29.1. The van der Waals surface area contributed by atoms with Gasteiger partial charge in [0.15, 0.2) is 0 Å². The fraction of sp³-hybridized carbons (Fsp3) is 0.576. The Bertz CT molecular complexity index is 1260. The van der Waals surface area contributed by atoms with E-state index >= 15 is 0 Å². The maximum atomic E-state index is 14.4. The molecule has 2 aliphatic carbocycles. The van der Waals surface area contributed by atoms with Gasteiger partial charge in [0.25, 0.3) is 0 Å². The maximum Gasteiger partial charge on any atom is 0.233 e. The lowest BCUT2D eigenvalue weighted by Gasteiger charge is -2.37. The summed E-state index contributed by atoms with van der Waals surface area (Å²) < 4.78 is 5.35. The standard InChI is InChI=1S/C33H43N5O4/c1-42-26-11-9-25(10-12-26)33(13-14-33)32(41)38-17-7-3-2-5-16-35-30(39)27-22-24(23-28(27)38)31(40)37-20-18-36(19-21-37)29-8-4-6-15-34-29/h4,6,8-12,15,24,27-28H,2-3,5,7,13-14,16-23H2,1H3,(H,35,39)/t24-,27-,28+/m1/s1. The molecule has 0 spiro atoms. The zero-order valence-electron chi connectivity index (χ0n) is 24.7. The Balaban J connectivity index is 1.20. The van der Waals surface area contributed by atoms with E-state index in [2.05, 4.69) is 15.2 Å². The molecule has 2 aromatic rings. The average molecular weight is 574 g/mol. The molecule has 42 heavy (non-hydrogen) atoms. The number of carbonyl (C=O) groups excluding carboxylic acids is 3. The highest BCUT2D eigenvalue weighted by molar-refractivity contribution is 5.93. The molecule has 0 unspecified atom stereocenters. The summed E-state index contributed by atoms with van der Waals surface area (Å²) in [5, 5.41) is 3.14. The Kier molecular flexibility index (Phi) is 8.36. The monoisotopic (exact) mass is 573 g/mol. The lowest BCUT2D eigenvalue weighted by molar-refractivity contribution is -0.140. The molecule has 6 rings (SSSR count). The van der Waals surface area contributed by atoms with Gasteiger partial charge in [0, 0.05) is 57.4 Å². The molecule has 2 saturated heterocycles. The summed E-state index contributed by atoms with van der Waals surface area (Å²) in [6, 6.07) is 13.5. The van der Waals surface area contributed by atoms with Crippen LogP contribution in [0.1, 0.15) is 56.9 Å². The van der Waals surface area contributed by atoms with E-state index in [1.54, 1.807) is 13.3 Å². The van der Waals surface area contributed by atoms with Crippen LogP contribution in [0, 0.1) is 11.8 Å². The van der Waals surface area contributed by atoms with Crippen LogP contribution in [0.5, 0.6) is 5.75 Å². The molecule has 2 saturated carbocycles. The van der Waals surface area contributed by atoms with Crippen molar-refractivity contribution in [3.63, 3.8) is 0 Å². The minimum atomic E-state index is -0.544. The van der Waals surface area contributed by atoms with Crippen molar-refractivity contribution in [1.29, 1.82) is 0 Å². The molecule has 9 heteroatoms. The Labute approximate surface area is 248 Å². The van der Waals surface area contributed by atoms with E-state index in [1.165, 1.54) is 0 Å². The minimum Gasteiger partial charge on any atom is -0.497 e. The van der Waals surface area contributed by atoms with Crippen molar-refractivity contribution in [2.45, 2.75) is 62.8 Å². The first-order valence-corrected chi connectivity index (χ1v) is 15.7. The van der Waals surface area contributed by atoms with Crippen molar-refractivity contribution >= 4 is 23.5 Å². The first-order chi connectivity index (χ1) is 20.5. The van der Waals surface area contributed by atoms with Gasteiger partial charge in [-0.1, -0.05) is 31.0 Å². The number of carbonyl (C=O) groups is 3. The van der Waals surface area contributed by atoms with Gasteiger partial charge < -0.3 is 24.8 Å². The average Bonchev–Trinajstić information content (AvgIpc) is 3.74. The lowest BCUT2D eigenvalue weighted by Crippen LogP contribution is -2.51. The van der Waals surface area contributed by atoms with Gasteiger partial charge in [0.1, 0.15) is 11.6 Å². The number of piperazine rings is 1. The summed E-state index contributed by atoms with van der Waals surface area (Å²) >= 11 is 0. The number of nitrogens with zero attached hydrogens (tertiary/aromatic N) is 4. The predicted molar refractivity (Wildman–Crippen MR) is 160 cm³/mol. The largest absolute Gasteiger partial charge is 0.497 e. The minimum absolute atomic E-state index is 0.00994. The molecule has 1 aromatic carbocycles. The summed E-state index contributed by atoms with van der Waals surface area (Å²) in [5.74, 6) is 1.29. The molecule has 3 atom stereocenters. The number of anilines is 1. The highest BCUT2D eigenvalue weighted by Gasteiger charge is 2.56. The second-order valence-electron chi connectivity index (χ2n) is 12.4. The number of methoxy groups -OCH3 is 1. The second-order valence-corrected chi connectivity index (χ2v) is 12.4. The predicted octanol–water partition coefficient (Wildman–Crippen LogP) is 3.38. The van der Waals surface area contributed by atoms with Crippen molar-refractivity contribution in [2.24, 2.45) is 11.8 Å². The summed E-state index contributed by atoms with van der Waals surface area (Å²) in [6.45, 7) is 4.03. The second kappa shape index (κ2) is 12.3. The van der Waals surface area contributed by atoms with Gasteiger partial charge in [0.05, 0.1) is 18.4 Å². The molecule has 224 valence electrons. The van der Waals surface area contributed by atoms with Gasteiger partial charge in [-0.3, -0.25) is 14.4 Å². The topological polar surface area (TPSA) is 95.1 Å². The van der Waals surface area contributed by atoms with Crippen LogP contribution in [0.2, 0.25) is 0 Å². The SMILES string of the molecule is COc1ccc(C2(C(=O)N3CCCCCCNC(=O)[C@@H]4C[C@@H](C(=O)N5CCN(c6ccccn6)CC5)C[C@@H]43)CC2)cc1. The molecule has 4 aliphatic rings. The number of ether oxygens (including phenoxy) is 1. The van der Waals surface area contributed by atoms with Gasteiger partial charge in [0.2, 0.25) is 17.7 Å². The fourth-order valence-corrected chi connectivity index (χ4v) is 7.26. The number of rotatable bonds is 5. The van der Waals surface area contributed by atoms with Crippen molar-refractivity contribution in [3.05, 3.63) is 54.2 Å². The molecular formula is C33H43N5O4. The van der Waals surface area contributed by atoms with Crippen molar-refractivity contribution < 1.29 is 19.1 Å². The van der Waals surface area contributed by atoms with Crippen LogP contribution in [0.3, 0.4) is 0 Å². The summed E-state index contributed by atoms with van der Waals surface area (Å²) in [6.07, 6.45) is 8.36. The molecule has 3 amide bonds. The number of hydrogen-bond acceptors (Lipinski definition) is 6. The smallest absolute Gasteiger partial charge is 0.233 e. The van der Waals surface area contributed by atoms with Gasteiger partial charge >= 0.3 is 0 Å². The number of pyridine rings is 1. The molecule has 4 fully saturated rings. The maximum absolute atomic E-state index is 14.4. The summed E-state index contributed by atoms with van der Waals surface area (Å²) in [5.41, 5.74) is 0.470. The molecule has 0 radical (unpaired) electrons. The van der Waals surface area contributed by atoms with Gasteiger partial charge in [-0.05, 0) is 68.4 Å². The molecule has 1 aromatic heterocycles. The van der Waals surface area contributed by atoms with E-state index in [-0.39, 0.29) is 35.6 Å². The Hall–Kier alpha value is -3.62. The van der Waals surface area contributed by atoms with Crippen molar-refractivity contribution in [3.8, 4) is 5.75 Å². The number of fused-ring (bicyclic) bond motifs is 1. The molecule has 2 aliphatic heterocycles. The van der Waals surface area contributed by atoms with Crippen LogP contribution < -0.4 is 15.0 Å². The first kappa shape index (κ1) is 28.5. The fourth-order valence-electron chi connectivity index (χ4n) is 7.26. The quantitative estimate of drug-likeness (QED) is 0.590. The van der Waals surface area contributed by atoms with Gasteiger partial charge in [-0.2, -0.15) is 0 Å². The highest BCUT2D eigenvalue weighted by atomic mass is 16.5. The molecule has 1 N–H and O–H groups in total. The Morgan fingerprint density at radius 1 is 0.929 bits per heavy atom. The lowest BCUT2D eigenvalue weighted by atomic mass is 9.91. The molecular weight excluding hydrogens is 530 g/mol. The van der Waals surface area contributed by atoms with Crippen molar-refractivity contribution in [2.75, 3.05) is 51.3 Å². The number of aromatic nitrogens is 1. The van der Waals surface area contributed by atoms with Crippen molar-refractivity contribution in [1.82, 2.24) is 20.1 Å². The van der Waals surface area contributed by atoms with E-state index in [9.17, 15) is 14.4 Å². The van der Waals surface area contributed by atoms with E-state index in [0.717, 1.165) is 68.7 Å². The number of amides is 3. The third-order valence-electron chi connectivity index (χ3n) is 9.87. The van der Waals surface area contributed by atoms with Crippen LogP contribution in [0.4, 0.5) is 5.82 Å². The number of hydrogen-bond donors (Lipinski definition) is 1. The van der Waals surface area contributed by atoms with Crippen LogP contribution in [-0.2, 0) is 19.8 Å². The normalized spacial score (nSPS) is 26.1. The Morgan fingerprint density at radius 3 is 2.38 bits per heavy atom. The molecule has 3 heterocycles. The van der Waals surface area contributed by atoms with Gasteiger partial charge in [-0.15, -0.1) is 0 Å². The Morgan fingerprint density at radius 2 is 1.69 bits per heavy atom. The molecule has 9 nitrogen and oxygen atoms in total. The number of nitrogens with one attached hydrogen (secondary N) is 1. The summed E-state index contributed by atoms with van der Waals surface area (Å²) in [4.78, 5) is 52.5. The highest BCUT2D eigenvalue weighted by Crippen LogP contribution is 2.51. The number of benzene rings is 1. The van der Waals surface area contributed by atoms with Crippen LogP contribution in [0.15, 0.2) is 48.7 Å². The summed E-state index contributed by atoms with van der Waals surface area (Å²) in [7, 11) is 1.64.